The van der Waals surface area contributed by atoms with E-state index < -0.39 is 28.1 Å². The minimum absolute atomic E-state index is 0.0245. The maximum absolute atomic E-state index is 12.9. The van der Waals surface area contributed by atoms with Gasteiger partial charge in [-0.15, -0.1) is 0 Å². The van der Waals surface area contributed by atoms with Gasteiger partial charge in [0.05, 0.1) is 21.8 Å². The summed E-state index contributed by atoms with van der Waals surface area (Å²) >= 11 is 0. The van der Waals surface area contributed by atoms with E-state index in [0.717, 1.165) is 18.5 Å². The van der Waals surface area contributed by atoms with Crippen molar-refractivity contribution in [2.75, 3.05) is 43.4 Å². The number of sulfonamides is 1. The van der Waals surface area contributed by atoms with Crippen molar-refractivity contribution >= 4 is 33.3 Å². The maximum atomic E-state index is 12.9. The molecule has 0 aliphatic heterocycles. The number of carboxylic acids is 2. The van der Waals surface area contributed by atoms with E-state index >= 15 is 0 Å². The first-order valence-corrected chi connectivity index (χ1v) is 12.3. The van der Waals surface area contributed by atoms with Crippen molar-refractivity contribution in [3.05, 3.63) is 53.6 Å². The smallest absolute Gasteiger partial charge is 0.478 e. The summed E-state index contributed by atoms with van der Waals surface area (Å²) in [6.45, 7) is 6.08. The highest BCUT2D eigenvalue weighted by atomic mass is 32.2. The first-order chi connectivity index (χ1) is 16.6. The van der Waals surface area contributed by atoms with Crippen LogP contribution in [-0.2, 0) is 21.2 Å². The van der Waals surface area contributed by atoms with Gasteiger partial charge in [-0.1, -0.05) is 19.1 Å². The van der Waals surface area contributed by atoms with Crippen molar-refractivity contribution in [2.45, 2.75) is 31.3 Å². The van der Waals surface area contributed by atoms with Gasteiger partial charge < -0.3 is 20.0 Å². The lowest BCUT2D eigenvalue weighted by Gasteiger charge is -2.27. The van der Waals surface area contributed by atoms with Crippen LogP contribution in [0, 0.1) is 0 Å². The van der Waals surface area contributed by atoms with Gasteiger partial charge in [-0.2, -0.15) is 13.2 Å². The molecule has 2 aromatic rings. The number of nitrogens with zero attached hydrogens (tertiary/aromatic N) is 2. The predicted molar refractivity (Wildman–Crippen MR) is 130 cm³/mol. The molecule has 0 fully saturated rings. The molecular formula is C23H30F3N3O6S. The zero-order chi connectivity index (χ0) is 27.7. The van der Waals surface area contributed by atoms with Crippen LogP contribution in [0.2, 0.25) is 0 Å². The first-order valence-electron chi connectivity index (χ1n) is 10.8. The van der Waals surface area contributed by atoms with Crippen molar-refractivity contribution < 1.29 is 41.4 Å². The van der Waals surface area contributed by atoms with Crippen LogP contribution in [0.1, 0.15) is 29.8 Å². The fourth-order valence-electron chi connectivity index (χ4n) is 2.90. The molecule has 200 valence electrons. The molecule has 13 heteroatoms. The number of carbonyl (C=O) groups is 2. The summed E-state index contributed by atoms with van der Waals surface area (Å²) in [5, 5.41) is 16.5. The number of hydrogen-bond donors (Lipinski definition) is 3. The molecule has 0 aliphatic carbocycles. The number of benzene rings is 2. The Hall–Kier alpha value is -3.32. The number of anilines is 2. The van der Waals surface area contributed by atoms with Crippen molar-refractivity contribution in [3.63, 3.8) is 0 Å². The summed E-state index contributed by atoms with van der Waals surface area (Å²) in [6.07, 6.45) is -4.27. The molecule has 0 unspecified atom stereocenters. The van der Waals surface area contributed by atoms with Gasteiger partial charge in [-0.3, -0.25) is 4.72 Å². The second-order valence-electron chi connectivity index (χ2n) is 7.83. The number of aliphatic carboxylic acids is 1. The van der Waals surface area contributed by atoms with E-state index in [0.29, 0.717) is 18.8 Å². The van der Waals surface area contributed by atoms with Crippen LogP contribution >= 0.6 is 0 Å². The number of rotatable bonds is 10. The Labute approximate surface area is 208 Å². The first kappa shape index (κ1) is 30.7. The van der Waals surface area contributed by atoms with Gasteiger partial charge in [0.25, 0.3) is 10.0 Å². The largest absolute Gasteiger partial charge is 0.490 e. The molecule has 0 heterocycles. The molecule has 0 radical (unpaired) electrons. The van der Waals surface area contributed by atoms with Crippen LogP contribution < -0.4 is 9.62 Å². The third kappa shape index (κ3) is 9.38. The Morgan fingerprint density at radius 2 is 1.53 bits per heavy atom. The molecule has 9 nitrogen and oxygen atoms in total. The number of alkyl halides is 3. The summed E-state index contributed by atoms with van der Waals surface area (Å²) in [5.41, 5.74) is 1.97. The van der Waals surface area contributed by atoms with Gasteiger partial charge in [-0.25, -0.2) is 18.0 Å². The topological polar surface area (TPSA) is 127 Å². The molecule has 0 aliphatic rings. The van der Waals surface area contributed by atoms with E-state index in [4.69, 9.17) is 9.90 Å². The van der Waals surface area contributed by atoms with E-state index in [2.05, 4.69) is 4.72 Å². The highest BCUT2D eigenvalue weighted by Crippen LogP contribution is 2.30. The van der Waals surface area contributed by atoms with E-state index in [1.807, 2.05) is 37.7 Å². The van der Waals surface area contributed by atoms with Crippen LogP contribution in [0.15, 0.2) is 47.4 Å². The van der Waals surface area contributed by atoms with Crippen LogP contribution in [0.25, 0.3) is 0 Å². The summed E-state index contributed by atoms with van der Waals surface area (Å²) in [7, 11) is 0.0702. The van der Waals surface area contributed by atoms with Crippen molar-refractivity contribution in [1.82, 2.24) is 4.90 Å². The van der Waals surface area contributed by atoms with E-state index in [-0.39, 0.29) is 16.1 Å². The lowest BCUT2D eigenvalue weighted by Crippen LogP contribution is -2.32. The van der Waals surface area contributed by atoms with E-state index in [1.165, 1.54) is 12.1 Å². The van der Waals surface area contributed by atoms with Gasteiger partial charge in [0.15, 0.2) is 0 Å². The Morgan fingerprint density at radius 1 is 0.972 bits per heavy atom. The monoisotopic (exact) mass is 533 g/mol. The van der Waals surface area contributed by atoms with Crippen molar-refractivity contribution in [2.24, 2.45) is 0 Å². The molecular weight excluding hydrogens is 503 g/mol. The van der Waals surface area contributed by atoms with Gasteiger partial charge in [0.2, 0.25) is 0 Å². The standard InChI is InChI=1S/C21H29N3O4S.C2HF3O2/c1-5-16-7-10-18(11-8-16)29(27,28)22-19-15-17(21(25)26)9-12-20(19)24(6-2)14-13-23(3)4;3-2(4,5)1(6)7/h7-12,15,22H,5-6,13-14H2,1-4H3,(H,25,26);(H,6,7). The number of carboxylic acid groups (broad SMARTS) is 2. The Kier molecular flexibility index (Phi) is 11.2. The predicted octanol–water partition coefficient (Wildman–Crippen LogP) is 3.77. The third-order valence-corrected chi connectivity index (χ3v) is 6.29. The second-order valence-corrected chi connectivity index (χ2v) is 9.51. The van der Waals surface area contributed by atoms with Gasteiger partial charge >= 0.3 is 18.1 Å². The van der Waals surface area contributed by atoms with Crippen LogP contribution in [0.3, 0.4) is 0 Å². The molecule has 0 atom stereocenters. The molecule has 0 aromatic heterocycles. The molecule has 0 saturated heterocycles. The van der Waals surface area contributed by atoms with E-state index in [1.54, 1.807) is 30.3 Å². The third-order valence-electron chi connectivity index (χ3n) is 4.91. The van der Waals surface area contributed by atoms with Crippen LogP contribution in [0.5, 0.6) is 0 Å². The zero-order valence-corrected chi connectivity index (χ0v) is 21.2. The number of likely N-dealkylation sites (N-methyl/N-ethyl adjacent to an activating group) is 2. The molecule has 0 bridgehead atoms. The molecule has 2 rings (SSSR count). The molecule has 2 aromatic carbocycles. The maximum Gasteiger partial charge on any atom is 0.490 e. The minimum atomic E-state index is -5.08. The van der Waals surface area contributed by atoms with Gasteiger partial charge in [0, 0.05) is 19.6 Å². The van der Waals surface area contributed by atoms with Gasteiger partial charge in [0.1, 0.15) is 0 Å². The second kappa shape index (κ2) is 13.1. The average molecular weight is 534 g/mol. The number of halogens is 3. The number of aryl methyl sites for hydroxylation is 1. The van der Waals surface area contributed by atoms with E-state index in [9.17, 15) is 31.5 Å². The summed E-state index contributed by atoms with van der Waals surface area (Å²) < 4.78 is 60.2. The lowest BCUT2D eigenvalue weighted by molar-refractivity contribution is -0.192. The molecule has 36 heavy (non-hydrogen) atoms. The Morgan fingerprint density at radius 3 is 1.94 bits per heavy atom. The van der Waals surface area contributed by atoms with Crippen molar-refractivity contribution in [1.29, 1.82) is 0 Å². The fourth-order valence-corrected chi connectivity index (χ4v) is 3.97. The minimum Gasteiger partial charge on any atom is -0.478 e. The SMILES string of the molecule is CCc1ccc(S(=O)(=O)Nc2cc(C(=O)O)ccc2N(CC)CCN(C)C)cc1.O=C(O)C(F)(F)F. The summed E-state index contributed by atoms with van der Waals surface area (Å²) in [5.74, 6) is -3.87. The normalized spacial score (nSPS) is 11.4. The molecule has 3 N–H and O–H groups in total. The van der Waals surface area contributed by atoms with Crippen LogP contribution in [-0.4, -0.2) is 75.4 Å². The fraction of sp³-hybridized carbons (Fsp3) is 0.391. The zero-order valence-electron chi connectivity index (χ0n) is 20.3. The van der Waals surface area contributed by atoms with Crippen LogP contribution in [0.4, 0.5) is 24.5 Å². The highest BCUT2D eigenvalue weighted by Gasteiger charge is 2.38. The van der Waals surface area contributed by atoms with Gasteiger partial charge in [-0.05, 0) is 63.3 Å². The summed E-state index contributed by atoms with van der Waals surface area (Å²) in [4.78, 5) is 24.5. The Balaban J connectivity index is 0.000000809. The number of nitrogens with one attached hydrogen (secondary N) is 1. The highest BCUT2D eigenvalue weighted by molar-refractivity contribution is 7.92. The number of aromatic carboxylic acids is 1. The quantitative estimate of drug-likeness (QED) is 0.421. The van der Waals surface area contributed by atoms with Crippen molar-refractivity contribution in [3.8, 4) is 0 Å². The summed E-state index contributed by atoms with van der Waals surface area (Å²) in [6, 6.07) is 11.2. The molecule has 0 saturated carbocycles. The Bertz CT molecular complexity index is 1140. The number of hydrogen-bond acceptors (Lipinski definition) is 6. The lowest BCUT2D eigenvalue weighted by atomic mass is 10.1. The molecule has 0 amide bonds. The average Bonchev–Trinajstić information content (AvgIpc) is 2.79. The molecule has 0 spiro atoms.